The number of amides is 1. The highest BCUT2D eigenvalue weighted by atomic mass is 32.1. The molecule has 2 heterocycles. The summed E-state index contributed by atoms with van der Waals surface area (Å²) in [4.78, 5) is 32.4. The lowest BCUT2D eigenvalue weighted by molar-refractivity contribution is -0.133. The first-order valence-electron chi connectivity index (χ1n) is 9.56. The number of carbonyl (C=O) groups excluding carboxylic acids is 2. The second-order valence-corrected chi connectivity index (χ2v) is 7.95. The van der Waals surface area contributed by atoms with E-state index in [1.165, 1.54) is 17.8 Å². The molecule has 0 atom stereocenters. The molecule has 144 valence electrons. The SMILES string of the molecule is O=CCCCNC(=O)C1(Cc2cccc(Nc3nccs3)n2)CCCCC1. The Morgan fingerprint density at radius 1 is 1.26 bits per heavy atom. The molecule has 2 aromatic rings. The van der Waals surface area contributed by atoms with Crippen LogP contribution in [-0.2, 0) is 16.0 Å². The van der Waals surface area contributed by atoms with Crippen molar-refractivity contribution in [1.82, 2.24) is 15.3 Å². The molecule has 2 aromatic heterocycles. The van der Waals surface area contributed by atoms with E-state index in [1.54, 1.807) is 6.20 Å². The van der Waals surface area contributed by atoms with Crippen molar-refractivity contribution in [3.63, 3.8) is 0 Å². The fourth-order valence-electron chi connectivity index (χ4n) is 3.68. The number of aldehydes is 1. The Bertz CT molecular complexity index is 742. The third-order valence-corrected chi connectivity index (χ3v) is 5.76. The van der Waals surface area contributed by atoms with Gasteiger partial charge in [0.25, 0.3) is 0 Å². The summed E-state index contributed by atoms with van der Waals surface area (Å²) in [7, 11) is 0. The van der Waals surface area contributed by atoms with Crippen molar-refractivity contribution in [3.8, 4) is 0 Å². The normalized spacial score (nSPS) is 15.9. The lowest BCUT2D eigenvalue weighted by Crippen LogP contribution is -2.44. The molecule has 2 N–H and O–H groups in total. The van der Waals surface area contributed by atoms with Gasteiger partial charge in [-0.1, -0.05) is 25.3 Å². The van der Waals surface area contributed by atoms with Crippen molar-refractivity contribution in [2.45, 2.75) is 51.4 Å². The molecule has 1 saturated carbocycles. The summed E-state index contributed by atoms with van der Waals surface area (Å²) in [6, 6.07) is 5.87. The Morgan fingerprint density at radius 3 is 2.85 bits per heavy atom. The Kier molecular flexibility index (Phi) is 6.92. The van der Waals surface area contributed by atoms with Crippen molar-refractivity contribution in [2.75, 3.05) is 11.9 Å². The summed E-state index contributed by atoms with van der Waals surface area (Å²) in [5, 5.41) is 8.98. The average Bonchev–Trinajstić information content (AvgIpc) is 3.19. The van der Waals surface area contributed by atoms with Crippen LogP contribution in [0.15, 0.2) is 29.8 Å². The van der Waals surface area contributed by atoms with Crippen LogP contribution >= 0.6 is 11.3 Å². The minimum absolute atomic E-state index is 0.105. The fraction of sp³-hybridized carbons (Fsp3) is 0.500. The lowest BCUT2D eigenvalue weighted by Gasteiger charge is -2.35. The number of anilines is 2. The summed E-state index contributed by atoms with van der Waals surface area (Å²) in [5.41, 5.74) is 0.521. The zero-order valence-electron chi connectivity index (χ0n) is 15.4. The predicted octanol–water partition coefficient (Wildman–Crippen LogP) is 3.87. The third-order valence-electron chi connectivity index (χ3n) is 5.07. The number of pyridine rings is 1. The molecular weight excluding hydrogens is 360 g/mol. The molecule has 0 spiro atoms. The number of rotatable bonds is 9. The van der Waals surface area contributed by atoms with Gasteiger partial charge >= 0.3 is 0 Å². The molecule has 0 aromatic carbocycles. The zero-order chi connectivity index (χ0) is 19.0. The molecule has 0 unspecified atom stereocenters. The molecule has 0 saturated heterocycles. The molecule has 3 rings (SSSR count). The number of thiazole rings is 1. The van der Waals surface area contributed by atoms with Gasteiger partial charge in [0.15, 0.2) is 5.13 Å². The van der Waals surface area contributed by atoms with E-state index < -0.39 is 5.41 Å². The van der Waals surface area contributed by atoms with Crippen LogP contribution in [-0.4, -0.2) is 28.7 Å². The van der Waals surface area contributed by atoms with Crippen LogP contribution in [0.5, 0.6) is 0 Å². The maximum absolute atomic E-state index is 13.0. The average molecular weight is 387 g/mol. The summed E-state index contributed by atoms with van der Waals surface area (Å²) in [6.07, 6.45) is 9.56. The number of nitrogens with zero attached hydrogens (tertiary/aromatic N) is 2. The van der Waals surface area contributed by atoms with E-state index in [0.717, 1.165) is 48.6 Å². The molecule has 0 radical (unpaired) electrons. The number of hydrogen-bond acceptors (Lipinski definition) is 6. The van der Waals surface area contributed by atoms with Crippen LogP contribution in [0.25, 0.3) is 0 Å². The highest BCUT2D eigenvalue weighted by Crippen LogP contribution is 2.39. The molecule has 0 aliphatic heterocycles. The standard InChI is InChI=1S/C20H26N4O2S/c25-13-5-4-11-21-18(26)20(9-2-1-3-10-20)15-16-7-6-8-17(23-16)24-19-22-12-14-27-19/h6-8,12-14H,1-5,9-11,15H2,(H,21,26)(H,22,23,24). The van der Waals surface area contributed by atoms with E-state index in [4.69, 9.17) is 4.98 Å². The van der Waals surface area contributed by atoms with Crippen LogP contribution in [0, 0.1) is 5.41 Å². The minimum Gasteiger partial charge on any atom is -0.356 e. The highest BCUT2D eigenvalue weighted by molar-refractivity contribution is 7.13. The van der Waals surface area contributed by atoms with Gasteiger partial charge in [-0.2, -0.15) is 0 Å². The van der Waals surface area contributed by atoms with Gasteiger partial charge in [-0.05, 0) is 31.4 Å². The summed E-state index contributed by atoms with van der Waals surface area (Å²) in [6.45, 7) is 0.554. The van der Waals surface area contributed by atoms with E-state index in [9.17, 15) is 9.59 Å². The van der Waals surface area contributed by atoms with Gasteiger partial charge in [-0.25, -0.2) is 9.97 Å². The van der Waals surface area contributed by atoms with Crippen molar-refractivity contribution in [2.24, 2.45) is 5.41 Å². The van der Waals surface area contributed by atoms with Gasteiger partial charge in [0.2, 0.25) is 5.91 Å². The van der Waals surface area contributed by atoms with E-state index in [1.807, 2.05) is 23.6 Å². The van der Waals surface area contributed by atoms with Crippen molar-refractivity contribution < 1.29 is 9.59 Å². The van der Waals surface area contributed by atoms with Gasteiger partial charge in [0.1, 0.15) is 12.1 Å². The van der Waals surface area contributed by atoms with E-state index in [0.29, 0.717) is 25.8 Å². The second-order valence-electron chi connectivity index (χ2n) is 7.06. The molecule has 1 amide bonds. The Hall–Kier alpha value is -2.28. The molecule has 27 heavy (non-hydrogen) atoms. The molecular formula is C20H26N4O2S. The van der Waals surface area contributed by atoms with Gasteiger partial charge in [-0.15, -0.1) is 11.3 Å². The topological polar surface area (TPSA) is 84.0 Å². The summed E-state index contributed by atoms with van der Waals surface area (Å²) < 4.78 is 0. The van der Waals surface area contributed by atoms with Crippen LogP contribution in [0.4, 0.5) is 10.9 Å². The molecule has 7 heteroatoms. The van der Waals surface area contributed by atoms with Gasteiger partial charge in [-0.3, -0.25) is 4.79 Å². The lowest BCUT2D eigenvalue weighted by atomic mass is 9.70. The summed E-state index contributed by atoms with van der Waals surface area (Å²) in [5.74, 6) is 0.855. The predicted molar refractivity (Wildman–Crippen MR) is 107 cm³/mol. The monoisotopic (exact) mass is 386 g/mol. The first-order chi connectivity index (χ1) is 13.2. The Morgan fingerprint density at radius 2 is 2.11 bits per heavy atom. The molecule has 1 aliphatic carbocycles. The van der Waals surface area contributed by atoms with Gasteiger partial charge in [0.05, 0.1) is 5.41 Å². The maximum atomic E-state index is 13.0. The molecule has 6 nitrogen and oxygen atoms in total. The second kappa shape index (κ2) is 9.60. The van der Waals surface area contributed by atoms with Crippen LogP contribution in [0.2, 0.25) is 0 Å². The van der Waals surface area contributed by atoms with Gasteiger partial charge in [0, 0.05) is 36.7 Å². The van der Waals surface area contributed by atoms with Crippen molar-refractivity contribution >= 4 is 34.5 Å². The van der Waals surface area contributed by atoms with Crippen LogP contribution < -0.4 is 10.6 Å². The zero-order valence-corrected chi connectivity index (χ0v) is 16.3. The first-order valence-corrected chi connectivity index (χ1v) is 10.4. The molecule has 0 bridgehead atoms. The largest absolute Gasteiger partial charge is 0.356 e. The van der Waals surface area contributed by atoms with E-state index >= 15 is 0 Å². The van der Waals surface area contributed by atoms with E-state index in [2.05, 4.69) is 15.6 Å². The number of aromatic nitrogens is 2. The van der Waals surface area contributed by atoms with Gasteiger partial charge < -0.3 is 15.4 Å². The van der Waals surface area contributed by atoms with Crippen molar-refractivity contribution in [3.05, 3.63) is 35.5 Å². The Balaban J connectivity index is 1.70. The number of hydrogen-bond donors (Lipinski definition) is 2. The fourth-order valence-corrected chi connectivity index (χ4v) is 4.21. The molecule has 1 aliphatic rings. The van der Waals surface area contributed by atoms with E-state index in [-0.39, 0.29) is 5.91 Å². The van der Waals surface area contributed by atoms with Crippen LogP contribution in [0.1, 0.15) is 50.6 Å². The minimum atomic E-state index is -0.397. The number of unbranched alkanes of at least 4 members (excludes halogenated alkanes) is 1. The molecule has 1 fully saturated rings. The Labute approximate surface area is 163 Å². The smallest absolute Gasteiger partial charge is 0.226 e. The van der Waals surface area contributed by atoms with Crippen molar-refractivity contribution in [1.29, 1.82) is 0 Å². The van der Waals surface area contributed by atoms with Crippen LogP contribution in [0.3, 0.4) is 0 Å². The quantitative estimate of drug-likeness (QED) is 0.505. The number of carbonyl (C=O) groups is 2. The highest BCUT2D eigenvalue weighted by Gasteiger charge is 2.39. The summed E-state index contributed by atoms with van der Waals surface area (Å²) >= 11 is 1.53. The third kappa shape index (κ3) is 5.35. The maximum Gasteiger partial charge on any atom is 0.226 e. The first kappa shape index (κ1) is 19.5. The number of nitrogens with one attached hydrogen (secondary N) is 2.